The van der Waals surface area contributed by atoms with Gasteiger partial charge in [-0.2, -0.15) is 0 Å². The van der Waals surface area contributed by atoms with Crippen molar-refractivity contribution in [3.8, 4) is 0 Å². The van der Waals surface area contributed by atoms with Gasteiger partial charge in [0, 0.05) is 18.2 Å². The number of imidazole rings is 1. The molecule has 2 amide bonds. The lowest BCUT2D eigenvalue weighted by Gasteiger charge is -2.33. The van der Waals surface area contributed by atoms with Gasteiger partial charge in [0.2, 0.25) is 11.8 Å². The van der Waals surface area contributed by atoms with Crippen LogP contribution in [0.1, 0.15) is 104 Å². The maximum Gasteiger partial charge on any atom is 0.419 e. The topological polar surface area (TPSA) is 177 Å². The first-order chi connectivity index (χ1) is 23.8. The van der Waals surface area contributed by atoms with Crippen LogP contribution in [0.15, 0.2) is 48.4 Å². The van der Waals surface area contributed by atoms with Crippen molar-refractivity contribution in [1.82, 2.24) is 20.2 Å². The van der Waals surface area contributed by atoms with Crippen LogP contribution < -0.4 is 10.6 Å². The third-order valence-corrected chi connectivity index (χ3v) is 12.1. The summed E-state index contributed by atoms with van der Waals surface area (Å²) in [6.45, 7) is 9.88. The van der Waals surface area contributed by atoms with E-state index in [-0.39, 0.29) is 23.8 Å². The number of ether oxygens (including phenoxy) is 1. The van der Waals surface area contributed by atoms with Crippen LogP contribution in [0.5, 0.6) is 0 Å². The number of amides is 2. The molecule has 2 saturated carbocycles. The maximum atomic E-state index is 14.2. The minimum Gasteiger partial charge on any atom is -0.443 e. The van der Waals surface area contributed by atoms with E-state index < -0.39 is 68.1 Å². The number of aliphatic hydroxyl groups is 2. The minimum atomic E-state index is -3.81. The van der Waals surface area contributed by atoms with E-state index in [4.69, 9.17) is 4.74 Å². The lowest BCUT2D eigenvalue weighted by molar-refractivity contribution is -0.129. The highest BCUT2D eigenvalue weighted by molar-refractivity contribution is 7.92. The van der Waals surface area contributed by atoms with E-state index in [1.54, 1.807) is 71.9 Å². The average Bonchev–Trinajstić information content (AvgIpc) is 3.80. The molecule has 0 spiro atoms. The van der Waals surface area contributed by atoms with Crippen LogP contribution >= 0.6 is 0 Å². The molecule has 12 nitrogen and oxygen atoms in total. The highest BCUT2D eigenvalue weighted by Gasteiger charge is 2.40. The fourth-order valence-electron chi connectivity index (χ4n) is 6.20. The van der Waals surface area contributed by atoms with Crippen molar-refractivity contribution in [2.45, 2.75) is 134 Å². The molecular weight excluding hydrogens is 673 g/mol. The van der Waals surface area contributed by atoms with Gasteiger partial charge in [0.05, 0.1) is 28.3 Å². The summed E-state index contributed by atoms with van der Waals surface area (Å²) in [6, 6.07) is 6.76. The molecule has 51 heavy (non-hydrogen) atoms. The molecule has 2 aliphatic rings. The highest BCUT2D eigenvalue weighted by Crippen LogP contribution is 2.36. The Kier molecular flexibility index (Phi) is 13.3. The first-order valence-corrected chi connectivity index (χ1v) is 19.7. The number of benzene rings is 1. The molecule has 1 heterocycles. The number of sulfone groups is 1. The Hall–Kier alpha value is -3.55. The highest BCUT2D eigenvalue weighted by atomic mass is 32.2. The molecule has 2 aliphatic carbocycles. The number of nitrogens with zero attached hydrogens (tertiary/aromatic N) is 2. The van der Waals surface area contributed by atoms with Gasteiger partial charge in [0.25, 0.3) is 0 Å². The molecule has 0 aliphatic heterocycles. The second-order valence-electron chi connectivity index (χ2n) is 16.1. The van der Waals surface area contributed by atoms with Crippen LogP contribution in [-0.2, 0) is 30.6 Å². The third kappa shape index (κ3) is 12.0. The molecule has 2 fully saturated rings. The molecule has 0 radical (unpaired) electrons. The van der Waals surface area contributed by atoms with Crippen LogP contribution in [0.2, 0.25) is 0 Å². The molecule has 0 unspecified atom stereocenters. The standard InChI is InChI=1S/C38H56N4O8S/c1-37(2,3)50-36(47)42-22-29(39-24-42)21-31(35(46)40-30(20-26-15-11-8-12-16-26)33(44)32(43)27-17-18-27)41-34(45)28(19-25-13-9-7-10-14-25)23-51(48,49)38(4,5)6/h7,9-10,13-14,19,22,24,26-27,30-33,43-44H,8,11-12,15-18,20-21,23H2,1-6H3,(H,40,46)(H,41,45)/t30-,31-,32-,33+/m0/s1. The fraction of sp³-hybridized carbons (Fsp3) is 0.632. The maximum absolute atomic E-state index is 14.2. The lowest BCUT2D eigenvalue weighted by atomic mass is 9.82. The molecule has 4 N–H and O–H groups in total. The first-order valence-electron chi connectivity index (χ1n) is 18.0. The van der Waals surface area contributed by atoms with Gasteiger partial charge in [-0.05, 0) is 84.3 Å². The van der Waals surface area contributed by atoms with Gasteiger partial charge in [-0.3, -0.25) is 9.59 Å². The number of rotatable bonds is 14. The smallest absolute Gasteiger partial charge is 0.419 e. The Morgan fingerprint density at radius 2 is 1.63 bits per heavy atom. The fourth-order valence-corrected chi connectivity index (χ4v) is 7.26. The Bertz CT molecular complexity index is 1630. The summed E-state index contributed by atoms with van der Waals surface area (Å²) in [6.07, 6.45) is 8.35. The zero-order chi connectivity index (χ0) is 37.6. The van der Waals surface area contributed by atoms with Crippen molar-refractivity contribution in [2.75, 3.05) is 5.75 Å². The quantitative estimate of drug-likeness (QED) is 0.203. The van der Waals surface area contributed by atoms with E-state index in [1.165, 1.54) is 18.6 Å². The van der Waals surface area contributed by atoms with E-state index in [2.05, 4.69) is 15.6 Å². The summed E-state index contributed by atoms with van der Waals surface area (Å²) in [5.41, 5.74) is 0.0794. The van der Waals surface area contributed by atoms with E-state index in [0.29, 0.717) is 17.7 Å². The molecule has 1 aromatic heterocycles. The number of aromatic nitrogens is 2. The first kappa shape index (κ1) is 40.2. The molecule has 1 aromatic carbocycles. The monoisotopic (exact) mass is 728 g/mol. The molecule has 13 heteroatoms. The van der Waals surface area contributed by atoms with Gasteiger partial charge in [-0.15, -0.1) is 0 Å². The number of carbonyl (C=O) groups excluding carboxylic acids is 3. The van der Waals surface area contributed by atoms with Gasteiger partial charge in [-0.25, -0.2) is 22.8 Å². The number of aliphatic hydroxyl groups excluding tert-OH is 2. The SMILES string of the molecule is CC(C)(C)OC(=O)n1cnc(C[C@H](NC(=O)C(=Cc2ccccc2)CS(=O)(=O)C(C)(C)C)C(=O)N[C@@H](CC2CCCCC2)[C@@H](O)[C@@H](O)C2CC2)c1. The normalized spacial score (nSPS) is 18.7. The van der Waals surface area contributed by atoms with Crippen molar-refractivity contribution in [2.24, 2.45) is 11.8 Å². The van der Waals surface area contributed by atoms with Crippen molar-refractivity contribution < 1.29 is 37.8 Å². The third-order valence-electron chi connectivity index (χ3n) is 9.49. The second-order valence-corrected chi connectivity index (χ2v) is 18.9. The average molecular weight is 729 g/mol. The van der Waals surface area contributed by atoms with Crippen LogP contribution in [0.3, 0.4) is 0 Å². The predicted octanol–water partition coefficient (Wildman–Crippen LogP) is 4.58. The Balaban J connectivity index is 1.66. The van der Waals surface area contributed by atoms with Crippen LogP contribution in [-0.4, -0.2) is 86.5 Å². The minimum absolute atomic E-state index is 0.0338. The number of hydrogen-bond donors (Lipinski definition) is 4. The zero-order valence-electron chi connectivity index (χ0n) is 30.8. The van der Waals surface area contributed by atoms with E-state index in [0.717, 1.165) is 49.5 Å². The van der Waals surface area contributed by atoms with Crippen molar-refractivity contribution in [3.05, 3.63) is 59.7 Å². The van der Waals surface area contributed by atoms with Crippen LogP contribution in [0.4, 0.5) is 4.79 Å². The zero-order valence-corrected chi connectivity index (χ0v) is 31.6. The second kappa shape index (κ2) is 16.9. The molecule has 0 saturated heterocycles. The molecule has 4 atom stereocenters. The molecule has 2 aromatic rings. The summed E-state index contributed by atoms with van der Waals surface area (Å²) in [5, 5.41) is 28.0. The lowest BCUT2D eigenvalue weighted by Crippen LogP contribution is -2.56. The van der Waals surface area contributed by atoms with E-state index in [9.17, 15) is 33.0 Å². The largest absolute Gasteiger partial charge is 0.443 e. The van der Waals surface area contributed by atoms with Gasteiger partial charge >= 0.3 is 6.09 Å². The summed E-state index contributed by atoms with van der Waals surface area (Å²) in [7, 11) is -3.81. The number of nitrogens with one attached hydrogen (secondary N) is 2. The summed E-state index contributed by atoms with van der Waals surface area (Å²) < 4.78 is 32.1. The van der Waals surface area contributed by atoms with E-state index >= 15 is 0 Å². The molecule has 282 valence electrons. The Morgan fingerprint density at radius 1 is 0.980 bits per heavy atom. The predicted molar refractivity (Wildman–Crippen MR) is 195 cm³/mol. The molecule has 4 rings (SSSR count). The Labute approximate surface area is 302 Å². The summed E-state index contributed by atoms with van der Waals surface area (Å²) >= 11 is 0. The van der Waals surface area contributed by atoms with Crippen LogP contribution in [0, 0.1) is 11.8 Å². The van der Waals surface area contributed by atoms with Gasteiger partial charge in [0.15, 0.2) is 9.84 Å². The van der Waals surface area contributed by atoms with Gasteiger partial charge in [-0.1, -0.05) is 62.4 Å². The van der Waals surface area contributed by atoms with Crippen LogP contribution in [0.25, 0.3) is 6.08 Å². The van der Waals surface area contributed by atoms with Crippen molar-refractivity contribution in [1.29, 1.82) is 0 Å². The summed E-state index contributed by atoms with van der Waals surface area (Å²) in [5.74, 6) is -1.74. The van der Waals surface area contributed by atoms with Gasteiger partial charge < -0.3 is 25.6 Å². The van der Waals surface area contributed by atoms with E-state index in [1.807, 2.05) is 0 Å². The molecule has 0 bridgehead atoms. The molecular formula is C38H56N4O8S. The Morgan fingerprint density at radius 3 is 2.22 bits per heavy atom. The van der Waals surface area contributed by atoms with Gasteiger partial charge in [0.1, 0.15) is 24.1 Å². The van der Waals surface area contributed by atoms with Crippen molar-refractivity contribution in [3.63, 3.8) is 0 Å². The van der Waals surface area contributed by atoms with Crippen molar-refractivity contribution >= 4 is 33.8 Å². The number of hydrogen-bond acceptors (Lipinski definition) is 9. The summed E-state index contributed by atoms with van der Waals surface area (Å²) in [4.78, 5) is 45.3. The number of carbonyl (C=O) groups is 3.